The predicted molar refractivity (Wildman–Crippen MR) is 109 cm³/mol. The van der Waals surface area contributed by atoms with E-state index in [4.69, 9.17) is 0 Å². The van der Waals surface area contributed by atoms with Gasteiger partial charge in [0, 0.05) is 5.69 Å². The third-order valence-electron chi connectivity index (χ3n) is 4.46. The number of halogens is 1. The molecule has 0 saturated heterocycles. The molecule has 0 aliphatic carbocycles. The smallest absolute Gasteiger partial charge is 0.257 e. The Balaban J connectivity index is 1.78. The highest BCUT2D eigenvalue weighted by Gasteiger charge is 2.20. The standard InChI is InChI=1S/C23H21FN2O2/c1-2-19(16-8-4-3-5-9-16)22(27)26-21-11-7-6-10-20(21)23(28)25-18-14-12-17(24)13-15-18/h3-15,19H,2H2,1H3,(H,25,28)(H,26,27)/t19-/m1/s1. The second kappa shape index (κ2) is 8.95. The number of anilines is 2. The van der Waals surface area contributed by atoms with E-state index in [-0.39, 0.29) is 23.5 Å². The first kappa shape index (κ1) is 19.3. The van der Waals surface area contributed by atoms with Gasteiger partial charge in [0.2, 0.25) is 5.91 Å². The van der Waals surface area contributed by atoms with Gasteiger partial charge in [0.15, 0.2) is 0 Å². The second-order valence-electron chi connectivity index (χ2n) is 6.37. The molecular weight excluding hydrogens is 355 g/mol. The molecule has 1 atom stereocenters. The van der Waals surface area contributed by atoms with E-state index in [1.54, 1.807) is 24.3 Å². The van der Waals surface area contributed by atoms with Crippen molar-refractivity contribution >= 4 is 23.2 Å². The average molecular weight is 376 g/mol. The normalized spacial score (nSPS) is 11.5. The largest absolute Gasteiger partial charge is 0.325 e. The summed E-state index contributed by atoms with van der Waals surface area (Å²) in [5.41, 5.74) is 2.17. The Morgan fingerprint density at radius 3 is 2.18 bits per heavy atom. The van der Waals surface area contributed by atoms with Gasteiger partial charge < -0.3 is 10.6 Å². The van der Waals surface area contributed by atoms with Crippen LogP contribution < -0.4 is 10.6 Å². The molecule has 0 unspecified atom stereocenters. The molecule has 0 saturated carbocycles. The fourth-order valence-corrected chi connectivity index (χ4v) is 3.00. The highest BCUT2D eigenvalue weighted by atomic mass is 19.1. The molecule has 0 bridgehead atoms. The van der Waals surface area contributed by atoms with E-state index in [1.165, 1.54) is 24.3 Å². The lowest BCUT2D eigenvalue weighted by Gasteiger charge is -2.17. The first-order valence-electron chi connectivity index (χ1n) is 9.10. The fourth-order valence-electron chi connectivity index (χ4n) is 3.00. The lowest BCUT2D eigenvalue weighted by molar-refractivity contribution is -0.117. The second-order valence-corrected chi connectivity index (χ2v) is 6.37. The van der Waals surface area contributed by atoms with Gasteiger partial charge in [0.05, 0.1) is 17.2 Å². The molecular formula is C23H21FN2O2. The molecule has 2 amide bonds. The predicted octanol–water partition coefficient (Wildman–Crippen LogP) is 5.21. The molecule has 3 aromatic carbocycles. The van der Waals surface area contributed by atoms with Crippen molar-refractivity contribution in [2.45, 2.75) is 19.3 Å². The summed E-state index contributed by atoms with van der Waals surface area (Å²) in [6.07, 6.45) is 0.639. The van der Waals surface area contributed by atoms with Gasteiger partial charge in [-0.3, -0.25) is 9.59 Å². The van der Waals surface area contributed by atoms with Gasteiger partial charge in [0.25, 0.3) is 5.91 Å². The van der Waals surface area contributed by atoms with Crippen LogP contribution in [0.15, 0.2) is 78.9 Å². The van der Waals surface area contributed by atoms with Crippen LogP contribution in [0.1, 0.15) is 35.2 Å². The van der Waals surface area contributed by atoms with Crippen LogP contribution in [0.5, 0.6) is 0 Å². The lowest BCUT2D eigenvalue weighted by atomic mass is 9.95. The Labute approximate surface area is 163 Å². The van der Waals surface area contributed by atoms with Crippen molar-refractivity contribution in [3.63, 3.8) is 0 Å². The summed E-state index contributed by atoms with van der Waals surface area (Å²) in [6, 6.07) is 21.9. The van der Waals surface area contributed by atoms with Crippen LogP contribution >= 0.6 is 0 Å². The van der Waals surface area contributed by atoms with Crippen LogP contribution in [-0.4, -0.2) is 11.8 Å². The number of carbonyl (C=O) groups excluding carboxylic acids is 2. The van der Waals surface area contributed by atoms with Gasteiger partial charge in [-0.15, -0.1) is 0 Å². The van der Waals surface area contributed by atoms with Gasteiger partial charge in [-0.05, 0) is 48.4 Å². The molecule has 0 fully saturated rings. The quantitative estimate of drug-likeness (QED) is 0.620. The summed E-state index contributed by atoms with van der Waals surface area (Å²) in [5.74, 6) is -1.24. The number of para-hydroxylation sites is 1. The van der Waals surface area contributed by atoms with Crippen molar-refractivity contribution in [2.75, 3.05) is 10.6 Å². The van der Waals surface area contributed by atoms with E-state index >= 15 is 0 Å². The molecule has 0 heterocycles. The highest BCUT2D eigenvalue weighted by Crippen LogP contribution is 2.24. The van der Waals surface area contributed by atoms with Crippen LogP contribution in [0.4, 0.5) is 15.8 Å². The van der Waals surface area contributed by atoms with Crippen LogP contribution in [0.25, 0.3) is 0 Å². The monoisotopic (exact) mass is 376 g/mol. The molecule has 0 spiro atoms. The molecule has 4 nitrogen and oxygen atoms in total. The van der Waals surface area contributed by atoms with Crippen molar-refractivity contribution in [3.05, 3.63) is 95.8 Å². The molecule has 3 aromatic rings. The van der Waals surface area contributed by atoms with E-state index in [9.17, 15) is 14.0 Å². The van der Waals surface area contributed by atoms with E-state index in [2.05, 4.69) is 10.6 Å². The summed E-state index contributed by atoms with van der Waals surface area (Å²) in [5, 5.41) is 5.59. The minimum absolute atomic E-state index is 0.171. The number of hydrogen-bond acceptors (Lipinski definition) is 2. The number of nitrogens with one attached hydrogen (secondary N) is 2. The van der Waals surface area contributed by atoms with Crippen molar-refractivity contribution in [1.82, 2.24) is 0 Å². The Hall–Kier alpha value is -3.47. The van der Waals surface area contributed by atoms with Crippen LogP contribution in [-0.2, 0) is 4.79 Å². The minimum atomic E-state index is -0.379. The molecule has 5 heteroatoms. The first-order chi connectivity index (χ1) is 13.6. The van der Waals surface area contributed by atoms with Crippen molar-refractivity contribution in [1.29, 1.82) is 0 Å². The fraction of sp³-hybridized carbons (Fsp3) is 0.130. The zero-order valence-electron chi connectivity index (χ0n) is 15.5. The van der Waals surface area contributed by atoms with E-state index < -0.39 is 0 Å². The number of carbonyl (C=O) groups is 2. The molecule has 28 heavy (non-hydrogen) atoms. The lowest BCUT2D eigenvalue weighted by Crippen LogP contribution is -2.23. The molecule has 3 rings (SSSR count). The Morgan fingerprint density at radius 1 is 0.857 bits per heavy atom. The van der Waals surface area contributed by atoms with Crippen molar-refractivity contribution in [3.8, 4) is 0 Å². The van der Waals surface area contributed by atoms with Gasteiger partial charge in [-0.2, -0.15) is 0 Å². The number of hydrogen-bond donors (Lipinski definition) is 2. The van der Waals surface area contributed by atoms with Gasteiger partial charge in [-0.1, -0.05) is 49.4 Å². The first-order valence-corrected chi connectivity index (χ1v) is 9.10. The highest BCUT2D eigenvalue weighted by molar-refractivity contribution is 6.10. The molecule has 0 aliphatic heterocycles. The molecule has 0 aliphatic rings. The number of amides is 2. The maximum absolute atomic E-state index is 13.0. The number of benzene rings is 3. The van der Waals surface area contributed by atoms with Gasteiger partial charge in [0.1, 0.15) is 5.82 Å². The Kier molecular flexibility index (Phi) is 6.17. The zero-order valence-corrected chi connectivity index (χ0v) is 15.5. The summed E-state index contributed by atoms with van der Waals surface area (Å²) >= 11 is 0. The topological polar surface area (TPSA) is 58.2 Å². The SMILES string of the molecule is CC[C@@H](C(=O)Nc1ccccc1C(=O)Nc1ccc(F)cc1)c1ccccc1. The summed E-state index contributed by atoms with van der Waals surface area (Å²) in [7, 11) is 0. The van der Waals surface area contributed by atoms with Crippen molar-refractivity contribution < 1.29 is 14.0 Å². The Morgan fingerprint density at radius 2 is 1.50 bits per heavy atom. The maximum Gasteiger partial charge on any atom is 0.257 e. The minimum Gasteiger partial charge on any atom is -0.325 e. The van der Waals surface area contributed by atoms with E-state index in [0.29, 0.717) is 23.4 Å². The molecule has 0 radical (unpaired) electrons. The summed E-state index contributed by atoms with van der Waals surface area (Å²) in [6.45, 7) is 1.95. The molecule has 2 N–H and O–H groups in total. The van der Waals surface area contributed by atoms with Gasteiger partial charge >= 0.3 is 0 Å². The molecule has 142 valence electrons. The van der Waals surface area contributed by atoms with Crippen LogP contribution in [0.3, 0.4) is 0 Å². The average Bonchev–Trinajstić information content (AvgIpc) is 2.71. The Bertz CT molecular complexity index is 956. The third kappa shape index (κ3) is 4.62. The van der Waals surface area contributed by atoms with Crippen LogP contribution in [0, 0.1) is 5.82 Å². The van der Waals surface area contributed by atoms with E-state index in [0.717, 1.165) is 5.56 Å². The number of rotatable bonds is 6. The van der Waals surface area contributed by atoms with E-state index in [1.807, 2.05) is 37.3 Å². The van der Waals surface area contributed by atoms with Crippen LogP contribution in [0.2, 0.25) is 0 Å². The zero-order chi connectivity index (χ0) is 19.9. The third-order valence-corrected chi connectivity index (χ3v) is 4.46. The van der Waals surface area contributed by atoms with Crippen molar-refractivity contribution in [2.24, 2.45) is 0 Å². The maximum atomic E-state index is 13.0. The molecule has 0 aromatic heterocycles. The summed E-state index contributed by atoms with van der Waals surface area (Å²) < 4.78 is 13.0. The van der Waals surface area contributed by atoms with Gasteiger partial charge in [-0.25, -0.2) is 4.39 Å². The summed E-state index contributed by atoms with van der Waals surface area (Å²) in [4.78, 5) is 25.5.